The zero-order valence-electron chi connectivity index (χ0n) is 15.3. The lowest BCUT2D eigenvalue weighted by atomic mass is 10.1. The largest absolute Gasteiger partial charge is 0.348 e. The molecule has 2 aromatic carbocycles. The second-order valence-electron chi connectivity index (χ2n) is 7.14. The maximum atomic E-state index is 12.8. The number of likely N-dealkylation sites (tertiary alicyclic amines) is 1. The molecule has 3 aromatic rings. The van der Waals surface area contributed by atoms with Gasteiger partial charge in [0.1, 0.15) is 0 Å². The number of fused-ring (bicyclic) bond motifs is 1. The zero-order valence-corrected chi connectivity index (χ0v) is 16.0. The number of amides is 1. The lowest BCUT2D eigenvalue weighted by Gasteiger charge is -2.17. The number of nitrogens with zero attached hydrogens (tertiary/aromatic N) is 2. The standard InChI is InChI=1S/C22H22ClN3O/c1-15-20(12-17-11-18(23)7-8-21(17)24-15)22(27)25-19-9-10-26(14-19)13-16-5-3-2-4-6-16/h2-8,11-12,19H,9-10,13-14H2,1H3,(H,25,27). The first kappa shape index (κ1) is 18.0. The van der Waals surface area contributed by atoms with Gasteiger partial charge in [0.25, 0.3) is 5.91 Å². The summed E-state index contributed by atoms with van der Waals surface area (Å²) in [4.78, 5) is 19.7. The van der Waals surface area contributed by atoms with Crippen molar-refractivity contribution < 1.29 is 4.79 Å². The first-order chi connectivity index (χ1) is 13.1. The fourth-order valence-electron chi connectivity index (χ4n) is 3.67. The molecule has 5 heteroatoms. The average Bonchev–Trinajstić information content (AvgIpc) is 3.09. The van der Waals surface area contributed by atoms with Gasteiger partial charge in [-0.1, -0.05) is 41.9 Å². The fraction of sp³-hybridized carbons (Fsp3) is 0.273. The molecule has 138 valence electrons. The van der Waals surface area contributed by atoms with E-state index in [0.29, 0.717) is 10.6 Å². The molecule has 27 heavy (non-hydrogen) atoms. The number of carbonyl (C=O) groups excluding carboxylic acids is 1. The minimum Gasteiger partial charge on any atom is -0.348 e. The minimum absolute atomic E-state index is 0.0616. The third-order valence-corrected chi connectivity index (χ3v) is 5.30. The van der Waals surface area contributed by atoms with Crippen molar-refractivity contribution in [2.45, 2.75) is 25.9 Å². The monoisotopic (exact) mass is 379 g/mol. The van der Waals surface area contributed by atoms with Crippen molar-refractivity contribution in [3.05, 3.63) is 76.4 Å². The Bertz CT molecular complexity index is 974. The Balaban J connectivity index is 1.43. The molecule has 1 aliphatic heterocycles. The Kier molecular flexibility index (Phi) is 5.10. The van der Waals surface area contributed by atoms with Crippen LogP contribution in [0.4, 0.5) is 0 Å². The lowest BCUT2D eigenvalue weighted by molar-refractivity contribution is 0.0937. The third kappa shape index (κ3) is 4.12. The van der Waals surface area contributed by atoms with Crippen molar-refractivity contribution in [3.63, 3.8) is 0 Å². The van der Waals surface area contributed by atoms with E-state index in [0.717, 1.165) is 42.7 Å². The highest BCUT2D eigenvalue weighted by molar-refractivity contribution is 6.31. The number of benzene rings is 2. The summed E-state index contributed by atoms with van der Waals surface area (Å²) in [6.45, 7) is 4.65. The molecular formula is C22H22ClN3O. The van der Waals surface area contributed by atoms with Gasteiger partial charge in [0.2, 0.25) is 0 Å². The summed E-state index contributed by atoms with van der Waals surface area (Å²) in [5, 5.41) is 4.71. The smallest absolute Gasteiger partial charge is 0.253 e. The molecule has 1 aromatic heterocycles. The number of carbonyl (C=O) groups is 1. The Hall–Kier alpha value is -2.43. The molecule has 1 amide bonds. The highest BCUT2D eigenvalue weighted by Gasteiger charge is 2.25. The van der Waals surface area contributed by atoms with Crippen LogP contribution in [0.15, 0.2) is 54.6 Å². The van der Waals surface area contributed by atoms with Gasteiger partial charge in [0, 0.05) is 36.1 Å². The van der Waals surface area contributed by atoms with Crippen LogP contribution in [0.25, 0.3) is 10.9 Å². The number of hydrogen-bond acceptors (Lipinski definition) is 3. The molecule has 0 aliphatic carbocycles. The normalized spacial score (nSPS) is 17.3. The van der Waals surface area contributed by atoms with Crippen LogP contribution >= 0.6 is 11.6 Å². The second-order valence-corrected chi connectivity index (χ2v) is 7.57. The van der Waals surface area contributed by atoms with Crippen LogP contribution in [0, 0.1) is 6.92 Å². The Morgan fingerprint density at radius 2 is 2.04 bits per heavy atom. The van der Waals surface area contributed by atoms with Gasteiger partial charge < -0.3 is 5.32 Å². The van der Waals surface area contributed by atoms with Gasteiger partial charge in [-0.3, -0.25) is 14.7 Å². The highest BCUT2D eigenvalue weighted by Crippen LogP contribution is 2.21. The van der Waals surface area contributed by atoms with E-state index in [1.54, 1.807) is 0 Å². The molecule has 0 radical (unpaired) electrons. The Morgan fingerprint density at radius 1 is 1.22 bits per heavy atom. The van der Waals surface area contributed by atoms with E-state index >= 15 is 0 Å². The van der Waals surface area contributed by atoms with Gasteiger partial charge in [-0.2, -0.15) is 0 Å². The molecule has 4 rings (SSSR count). The summed E-state index contributed by atoms with van der Waals surface area (Å²) in [6, 6.07) is 18.0. The van der Waals surface area contributed by atoms with E-state index < -0.39 is 0 Å². The number of aromatic nitrogens is 1. The number of nitrogens with one attached hydrogen (secondary N) is 1. The average molecular weight is 380 g/mol. The SMILES string of the molecule is Cc1nc2ccc(Cl)cc2cc1C(=O)NC1CCN(Cc2ccccc2)C1. The van der Waals surface area contributed by atoms with Crippen molar-refractivity contribution in [1.82, 2.24) is 15.2 Å². The van der Waals surface area contributed by atoms with Gasteiger partial charge in [-0.15, -0.1) is 0 Å². The maximum Gasteiger partial charge on any atom is 0.253 e. The summed E-state index contributed by atoms with van der Waals surface area (Å²) in [6.07, 6.45) is 0.963. The summed E-state index contributed by atoms with van der Waals surface area (Å²) < 4.78 is 0. The predicted molar refractivity (Wildman–Crippen MR) is 109 cm³/mol. The van der Waals surface area contributed by atoms with Gasteiger partial charge in [-0.25, -0.2) is 0 Å². The van der Waals surface area contributed by atoms with Crippen LogP contribution < -0.4 is 5.32 Å². The molecule has 0 spiro atoms. The first-order valence-corrected chi connectivity index (χ1v) is 9.60. The molecule has 1 atom stereocenters. The minimum atomic E-state index is -0.0616. The summed E-state index contributed by atoms with van der Waals surface area (Å²) in [7, 11) is 0. The molecule has 4 nitrogen and oxygen atoms in total. The van der Waals surface area contributed by atoms with Gasteiger partial charge in [0.15, 0.2) is 0 Å². The van der Waals surface area contributed by atoms with E-state index in [-0.39, 0.29) is 11.9 Å². The zero-order chi connectivity index (χ0) is 18.8. The highest BCUT2D eigenvalue weighted by atomic mass is 35.5. The molecular weight excluding hydrogens is 358 g/mol. The van der Waals surface area contributed by atoms with Gasteiger partial charge in [0.05, 0.1) is 16.8 Å². The van der Waals surface area contributed by atoms with E-state index in [1.807, 2.05) is 37.3 Å². The van der Waals surface area contributed by atoms with Crippen molar-refractivity contribution >= 4 is 28.4 Å². The molecule has 2 heterocycles. The summed E-state index contributed by atoms with van der Waals surface area (Å²) in [5.41, 5.74) is 3.51. The van der Waals surface area contributed by atoms with Crippen LogP contribution in [0.2, 0.25) is 5.02 Å². The molecule has 0 bridgehead atoms. The second kappa shape index (κ2) is 7.67. The molecule has 1 aliphatic rings. The number of halogens is 1. The van der Waals surface area contributed by atoms with Crippen LogP contribution in [-0.2, 0) is 6.54 Å². The first-order valence-electron chi connectivity index (χ1n) is 9.22. The topological polar surface area (TPSA) is 45.2 Å². The van der Waals surface area contributed by atoms with Crippen molar-refractivity contribution in [2.24, 2.45) is 0 Å². The molecule has 1 unspecified atom stereocenters. The summed E-state index contributed by atoms with van der Waals surface area (Å²) in [5.74, 6) is -0.0616. The number of pyridine rings is 1. The van der Waals surface area contributed by atoms with E-state index in [1.165, 1.54) is 5.56 Å². The number of rotatable bonds is 4. The number of hydrogen-bond donors (Lipinski definition) is 1. The van der Waals surface area contributed by atoms with Crippen molar-refractivity contribution in [3.8, 4) is 0 Å². The third-order valence-electron chi connectivity index (χ3n) is 5.07. The molecule has 1 saturated heterocycles. The quantitative estimate of drug-likeness (QED) is 0.738. The lowest BCUT2D eigenvalue weighted by Crippen LogP contribution is -2.37. The van der Waals surface area contributed by atoms with E-state index in [2.05, 4.69) is 39.5 Å². The predicted octanol–water partition coefficient (Wildman–Crippen LogP) is 4.20. The van der Waals surface area contributed by atoms with Crippen LogP contribution in [0.3, 0.4) is 0 Å². The van der Waals surface area contributed by atoms with Crippen molar-refractivity contribution in [2.75, 3.05) is 13.1 Å². The van der Waals surface area contributed by atoms with Gasteiger partial charge >= 0.3 is 0 Å². The maximum absolute atomic E-state index is 12.8. The van der Waals surface area contributed by atoms with E-state index in [9.17, 15) is 4.79 Å². The fourth-order valence-corrected chi connectivity index (χ4v) is 3.85. The Labute approximate surface area is 164 Å². The van der Waals surface area contributed by atoms with Gasteiger partial charge in [-0.05, 0) is 43.2 Å². The number of aryl methyl sites for hydroxylation is 1. The molecule has 1 fully saturated rings. The van der Waals surface area contributed by atoms with Crippen LogP contribution in [0.1, 0.15) is 28.0 Å². The van der Waals surface area contributed by atoms with E-state index in [4.69, 9.17) is 11.6 Å². The molecule has 0 saturated carbocycles. The van der Waals surface area contributed by atoms with Crippen LogP contribution in [0.5, 0.6) is 0 Å². The molecule has 1 N–H and O–H groups in total. The summed E-state index contributed by atoms with van der Waals surface area (Å²) >= 11 is 6.08. The van der Waals surface area contributed by atoms with Crippen LogP contribution in [-0.4, -0.2) is 34.9 Å². The Morgan fingerprint density at radius 3 is 2.85 bits per heavy atom. The van der Waals surface area contributed by atoms with Crippen molar-refractivity contribution in [1.29, 1.82) is 0 Å².